The molecule has 1 aliphatic rings. The number of nitrogens with zero attached hydrogens (tertiary/aromatic N) is 1. The van der Waals surface area contributed by atoms with Gasteiger partial charge in [-0.25, -0.2) is 4.98 Å². The summed E-state index contributed by atoms with van der Waals surface area (Å²) < 4.78 is -0.922. The number of thiazole rings is 1. The summed E-state index contributed by atoms with van der Waals surface area (Å²) in [5.41, 5.74) is 0.305. The van der Waals surface area contributed by atoms with Crippen molar-refractivity contribution in [3.05, 3.63) is 16.1 Å². The molecule has 1 amide bonds. The third kappa shape index (κ3) is 2.38. The molecule has 1 N–H and O–H groups in total. The monoisotopic (exact) mass is 306 g/mol. The highest BCUT2D eigenvalue weighted by Gasteiger charge is 2.68. The Kier molecular flexibility index (Phi) is 3.65. The predicted molar refractivity (Wildman–Crippen MR) is 75.2 cm³/mol. The van der Waals surface area contributed by atoms with Crippen LogP contribution in [-0.2, 0) is 4.79 Å². The van der Waals surface area contributed by atoms with Crippen LogP contribution in [0.3, 0.4) is 0 Å². The van der Waals surface area contributed by atoms with Crippen molar-refractivity contribution in [2.75, 3.05) is 0 Å². The lowest BCUT2D eigenvalue weighted by molar-refractivity contribution is -0.126. The minimum Gasteiger partial charge on any atom is -0.346 e. The van der Waals surface area contributed by atoms with Crippen molar-refractivity contribution in [1.29, 1.82) is 0 Å². The smallest absolute Gasteiger partial charge is 0.229 e. The first-order valence-corrected chi connectivity index (χ1v) is 7.54. The van der Waals surface area contributed by atoms with Gasteiger partial charge in [-0.15, -0.1) is 34.5 Å². The fourth-order valence-electron chi connectivity index (χ4n) is 1.83. The van der Waals surface area contributed by atoms with Gasteiger partial charge in [0.15, 0.2) is 0 Å². The van der Waals surface area contributed by atoms with Crippen LogP contribution in [0, 0.1) is 12.3 Å². The van der Waals surface area contributed by atoms with Crippen LogP contribution in [0.2, 0.25) is 0 Å². The summed E-state index contributed by atoms with van der Waals surface area (Å²) in [7, 11) is 0. The molecule has 0 bridgehead atoms. The zero-order valence-corrected chi connectivity index (χ0v) is 12.9. The molecule has 1 heterocycles. The topological polar surface area (TPSA) is 42.0 Å². The standard InChI is InChI=1S/C12H16Cl2N2OS/c1-4-8(9-15-7(2)5-18-9)16-10(17)11(3)6-12(11,13)14/h5,8H,4,6H2,1-3H3,(H,16,17)/t8-,11+/m1/s1. The maximum Gasteiger partial charge on any atom is 0.229 e. The number of alkyl halides is 2. The number of amides is 1. The molecule has 2 atom stereocenters. The third-order valence-electron chi connectivity index (χ3n) is 3.41. The lowest BCUT2D eigenvalue weighted by Crippen LogP contribution is -2.36. The third-order valence-corrected chi connectivity index (χ3v) is 5.59. The van der Waals surface area contributed by atoms with Gasteiger partial charge in [-0.05, 0) is 26.7 Å². The van der Waals surface area contributed by atoms with Gasteiger partial charge >= 0.3 is 0 Å². The molecule has 3 nitrogen and oxygen atoms in total. The predicted octanol–water partition coefficient (Wildman–Crippen LogP) is 3.60. The fraction of sp³-hybridized carbons (Fsp3) is 0.667. The molecule has 1 fully saturated rings. The van der Waals surface area contributed by atoms with Crippen LogP contribution in [0.4, 0.5) is 0 Å². The number of rotatable bonds is 4. The zero-order valence-electron chi connectivity index (χ0n) is 10.6. The van der Waals surface area contributed by atoms with Crippen LogP contribution in [0.5, 0.6) is 0 Å². The first kappa shape index (κ1) is 14.1. The number of halogens is 2. The van der Waals surface area contributed by atoms with E-state index in [0.717, 1.165) is 17.1 Å². The highest BCUT2D eigenvalue weighted by atomic mass is 35.5. The molecule has 0 aliphatic heterocycles. The number of aromatic nitrogens is 1. The zero-order chi connectivity index (χ0) is 13.6. The van der Waals surface area contributed by atoms with E-state index in [9.17, 15) is 4.79 Å². The molecule has 0 aromatic carbocycles. The van der Waals surface area contributed by atoms with Crippen molar-refractivity contribution in [2.24, 2.45) is 5.41 Å². The maximum atomic E-state index is 12.2. The van der Waals surface area contributed by atoms with Gasteiger partial charge in [0, 0.05) is 11.1 Å². The normalized spacial score (nSPS) is 26.7. The van der Waals surface area contributed by atoms with Gasteiger partial charge in [0.2, 0.25) is 5.91 Å². The van der Waals surface area contributed by atoms with Crippen molar-refractivity contribution in [3.63, 3.8) is 0 Å². The van der Waals surface area contributed by atoms with Crippen molar-refractivity contribution < 1.29 is 4.79 Å². The molecule has 0 radical (unpaired) electrons. The van der Waals surface area contributed by atoms with E-state index >= 15 is 0 Å². The van der Waals surface area contributed by atoms with Gasteiger partial charge in [0.05, 0.1) is 11.5 Å². The van der Waals surface area contributed by atoms with Crippen LogP contribution in [0.1, 0.15) is 43.4 Å². The lowest BCUT2D eigenvalue weighted by Gasteiger charge is -2.18. The van der Waals surface area contributed by atoms with Gasteiger partial charge in [0.25, 0.3) is 0 Å². The molecule has 1 aliphatic carbocycles. The molecule has 1 aromatic rings. The van der Waals surface area contributed by atoms with Crippen molar-refractivity contribution in [3.8, 4) is 0 Å². The molecular formula is C12H16Cl2N2OS. The Morgan fingerprint density at radius 3 is 2.67 bits per heavy atom. The summed E-state index contributed by atoms with van der Waals surface area (Å²) in [6.07, 6.45) is 1.30. The van der Waals surface area contributed by atoms with Crippen molar-refractivity contribution in [2.45, 2.75) is 44.0 Å². The highest BCUT2D eigenvalue weighted by molar-refractivity contribution is 7.09. The average Bonchev–Trinajstić information content (AvgIpc) is 2.62. The minimum atomic E-state index is -0.922. The number of hydrogen-bond acceptors (Lipinski definition) is 3. The summed E-state index contributed by atoms with van der Waals surface area (Å²) in [4.78, 5) is 16.6. The fourth-order valence-corrected chi connectivity index (χ4v) is 3.47. The van der Waals surface area contributed by atoms with Crippen molar-refractivity contribution >= 4 is 40.4 Å². The minimum absolute atomic E-state index is 0.0576. The van der Waals surface area contributed by atoms with E-state index in [1.165, 1.54) is 0 Å². The van der Waals surface area contributed by atoms with Gasteiger partial charge in [-0.1, -0.05) is 6.92 Å². The van der Waals surface area contributed by atoms with E-state index in [0.29, 0.717) is 6.42 Å². The van der Waals surface area contributed by atoms with Crippen LogP contribution >= 0.6 is 34.5 Å². The summed E-state index contributed by atoms with van der Waals surface area (Å²) in [5, 5.41) is 5.91. The quantitative estimate of drug-likeness (QED) is 0.864. The van der Waals surface area contributed by atoms with Crippen LogP contribution in [0.15, 0.2) is 5.38 Å². The number of aryl methyl sites for hydroxylation is 1. The van der Waals surface area contributed by atoms with Crippen molar-refractivity contribution in [1.82, 2.24) is 10.3 Å². The van der Waals surface area contributed by atoms with E-state index in [2.05, 4.69) is 10.3 Å². The first-order chi connectivity index (χ1) is 8.30. The van der Waals surface area contributed by atoms with Gasteiger partial charge in [-0.2, -0.15) is 0 Å². The second-order valence-corrected chi connectivity index (χ2v) is 7.35. The Hall–Kier alpha value is -0.320. The van der Waals surface area contributed by atoms with Gasteiger partial charge in [0.1, 0.15) is 9.34 Å². The van der Waals surface area contributed by atoms with E-state index in [1.807, 2.05) is 19.2 Å². The van der Waals surface area contributed by atoms with Gasteiger partial charge < -0.3 is 5.32 Å². The largest absolute Gasteiger partial charge is 0.346 e. The number of carbonyl (C=O) groups excluding carboxylic acids is 1. The summed E-state index contributed by atoms with van der Waals surface area (Å²) in [6, 6.07) is -0.0576. The van der Waals surface area contributed by atoms with E-state index in [4.69, 9.17) is 23.2 Å². The second-order valence-electron chi connectivity index (χ2n) is 4.97. The van der Waals surface area contributed by atoms with Gasteiger partial charge in [-0.3, -0.25) is 4.79 Å². The molecule has 1 saturated carbocycles. The average molecular weight is 307 g/mol. The molecule has 1 aromatic heterocycles. The highest BCUT2D eigenvalue weighted by Crippen LogP contribution is 2.63. The number of nitrogens with one attached hydrogen (secondary N) is 1. The Morgan fingerprint density at radius 1 is 1.67 bits per heavy atom. The van der Waals surface area contributed by atoms with Crippen LogP contribution in [-0.4, -0.2) is 15.2 Å². The number of hydrogen-bond donors (Lipinski definition) is 1. The Labute approximate surface area is 121 Å². The summed E-state index contributed by atoms with van der Waals surface area (Å²) in [5.74, 6) is -0.0906. The Bertz CT molecular complexity index is 474. The summed E-state index contributed by atoms with van der Waals surface area (Å²) >= 11 is 13.6. The van der Waals surface area contributed by atoms with E-state index in [-0.39, 0.29) is 11.9 Å². The molecule has 0 unspecified atom stereocenters. The molecule has 0 spiro atoms. The molecular weight excluding hydrogens is 291 g/mol. The first-order valence-electron chi connectivity index (χ1n) is 5.91. The molecule has 18 heavy (non-hydrogen) atoms. The maximum absolute atomic E-state index is 12.2. The summed E-state index contributed by atoms with van der Waals surface area (Å²) in [6.45, 7) is 5.76. The Morgan fingerprint density at radius 2 is 2.28 bits per heavy atom. The second kappa shape index (κ2) is 4.66. The number of carbonyl (C=O) groups is 1. The molecule has 6 heteroatoms. The molecule has 100 valence electrons. The Balaban J connectivity index is 2.06. The molecule has 2 rings (SSSR count). The van der Waals surface area contributed by atoms with Crippen LogP contribution in [0.25, 0.3) is 0 Å². The lowest BCUT2D eigenvalue weighted by atomic mass is 10.1. The van der Waals surface area contributed by atoms with E-state index in [1.54, 1.807) is 18.3 Å². The van der Waals surface area contributed by atoms with Crippen LogP contribution < -0.4 is 5.32 Å². The SMILES string of the molecule is CC[C@@H](NC(=O)[C@]1(C)CC1(Cl)Cl)c1nc(C)cs1. The molecule has 0 saturated heterocycles. The van der Waals surface area contributed by atoms with E-state index < -0.39 is 9.75 Å².